The highest BCUT2D eigenvalue weighted by Gasteiger charge is 2.24. The Bertz CT molecular complexity index is 1070. The van der Waals surface area contributed by atoms with Gasteiger partial charge < -0.3 is 24.0 Å². The van der Waals surface area contributed by atoms with E-state index in [1.807, 2.05) is 40.8 Å². The van der Waals surface area contributed by atoms with E-state index < -0.39 is 0 Å². The molecule has 0 saturated carbocycles. The lowest BCUT2D eigenvalue weighted by molar-refractivity contribution is -0.132. The molecule has 8 nitrogen and oxygen atoms in total. The van der Waals surface area contributed by atoms with Crippen LogP contribution in [0.2, 0.25) is 0 Å². The number of carbonyl (C=O) groups excluding carboxylic acids is 1. The van der Waals surface area contributed by atoms with Crippen LogP contribution in [0.5, 0.6) is 0 Å². The molecule has 2 aliphatic heterocycles. The van der Waals surface area contributed by atoms with Gasteiger partial charge >= 0.3 is 0 Å². The molecule has 1 aromatic carbocycles. The summed E-state index contributed by atoms with van der Waals surface area (Å²) in [4.78, 5) is 28.8. The zero-order chi connectivity index (χ0) is 21.2. The number of hydrogen-bond donors (Lipinski definition) is 0. The van der Waals surface area contributed by atoms with Crippen molar-refractivity contribution < 1.29 is 9.53 Å². The van der Waals surface area contributed by atoms with Gasteiger partial charge in [-0.05, 0) is 24.4 Å². The summed E-state index contributed by atoms with van der Waals surface area (Å²) in [6.07, 6.45) is 1.99. The summed E-state index contributed by atoms with van der Waals surface area (Å²) in [7, 11) is 0. The number of anilines is 2. The number of para-hydroxylation sites is 1. The average Bonchev–Trinajstić information content (AvgIpc) is 3.22. The second-order valence-electron chi connectivity index (χ2n) is 8.14. The van der Waals surface area contributed by atoms with Crippen molar-refractivity contribution in [3.8, 4) is 0 Å². The van der Waals surface area contributed by atoms with Gasteiger partial charge in [0.15, 0.2) is 0 Å². The Kier molecular flexibility index (Phi) is 5.46. The van der Waals surface area contributed by atoms with Crippen LogP contribution in [0.15, 0.2) is 42.6 Å². The van der Waals surface area contributed by atoms with Gasteiger partial charge in [0.05, 0.1) is 13.2 Å². The summed E-state index contributed by atoms with van der Waals surface area (Å²) in [6.45, 7) is 8.40. The third kappa shape index (κ3) is 4.20. The van der Waals surface area contributed by atoms with E-state index in [2.05, 4.69) is 33.0 Å². The minimum atomic E-state index is 0.153. The van der Waals surface area contributed by atoms with Crippen LogP contribution in [-0.2, 0) is 16.1 Å². The fourth-order valence-electron chi connectivity index (χ4n) is 4.31. The number of aromatic nitrogens is 3. The maximum atomic E-state index is 12.9. The molecule has 0 unspecified atom stereocenters. The smallest absolute Gasteiger partial charge is 0.242 e. The minimum Gasteiger partial charge on any atom is -0.378 e. The number of hydrogen-bond acceptors (Lipinski definition) is 6. The van der Waals surface area contributed by atoms with Crippen molar-refractivity contribution in [1.29, 1.82) is 0 Å². The lowest BCUT2D eigenvalue weighted by atomic mass is 10.2. The fourth-order valence-corrected chi connectivity index (χ4v) is 4.31. The fraction of sp³-hybridized carbons (Fsp3) is 0.435. The number of morpholine rings is 1. The van der Waals surface area contributed by atoms with Gasteiger partial charge in [0, 0.05) is 62.7 Å². The number of benzene rings is 1. The van der Waals surface area contributed by atoms with Crippen molar-refractivity contribution in [2.45, 2.75) is 13.5 Å². The Morgan fingerprint density at radius 2 is 1.74 bits per heavy atom. The highest BCUT2D eigenvalue weighted by atomic mass is 16.5. The number of rotatable bonds is 4. The van der Waals surface area contributed by atoms with Crippen molar-refractivity contribution in [3.05, 3.63) is 48.3 Å². The summed E-state index contributed by atoms with van der Waals surface area (Å²) < 4.78 is 7.49. The third-order valence-corrected chi connectivity index (χ3v) is 6.07. The molecule has 8 heteroatoms. The van der Waals surface area contributed by atoms with E-state index in [4.69, 9.17) is 9.72 Å². The summed E-state index contributed by atoms with van der Waals surface area (Å²) in [5, 5.41) is 1.16. The molecule has 162 valence electrons. The number of fused-ring (bicyclic) bond motifs is 1. The Labute approximate surface area is 182 Å². The average molecular weight is 421 g/mol. The molecule has 0 N–H and O–H groups in total. The molecule has 0 spiro atoms. The molecule has 5 rings (SSSR count). The molecule has 0 aliphatic carbocycles. The number of piperazine rings is 1. The van der Waals surface area contributed by atoms with E-state index >= 15 is 0 Å². The first kappa shape index (κ1) is 19.8. The SMILES string of the molecule is Cc1cc(N2CCOCC2)nc(N2CCN(C(=O)Cn3ccc4ccccc43)CC2)n1. The van der Waals surface area contributed by atoms with Crippen LogP contribution in [-0.4, -0.2) is 77.8 Å². The van der Waals surface area contributed by atoms with Crippen LogP contribution in [0.25, 0.3) is 10.9 Å². The van der Waals surface area contributed by atoms with Gasteiger partial charge in [0.25, 0.3) is 0 Å². The lowest BCUT2D eigenvalue weighted by Gasteiger charge is -2.35. The van der Waals surface area contributed by atoms with E-state index in [-0.39, 0.29) is 5.91 Å². The molecule has 0 bridgehead atoms. The Morgan fingerprint density at radius 1 is 0.968 bits per heavy atom. The molecule has 2 aliphatic rings. The molecular weight excluding hydrogens is 392 g/mol. The Hall–Kier alpha value is -3.13. The molecule has 0 radical (unpaired) electrons. The van der Waals surface area contributed by atoms with Crippen LogP contribution in [0.1, 0.15) is 5.69 Å². The van der Waals surface area contributed by atoms with Gasteiger partial charge in [0.2, 0.25) is 11.9 Å². The van der Waals surface area contributed by atoms with Crippen LogP contribution in [0.4, 0.5) is 11.8 Å². The zero-order valence-electron chi connectivity index (χ0n) is 17.9. The van der Waals surface area contributed by atoms with Gasteiger partial charge in [-0.25, -0.2) is 4.98 Å². The van der Waals surface area contributed by atoms with Gasteiger partial charge in [-0.15, -0.1) is 0 Å². The van der Waals surface area contributed by atoms with E-state index in [1.165, 1.54) is 0 Å². The quantitative estimate of drug-likeness (QED) is 0.643. The zero-order valence-corrected chi connectivity index (χ0v) is 17.9. The van der Waals surface area contributed by atoms with Gasteiger partial charge in [-0.3, -0.25) is 4.79 Å². The van der Waals surface area contributed by atoms with Crippen molar-refractivity contribution >= 4 is 28.6 Å². The van der Waals surface area contributed by atoms with E-state index in [1.54, 1.807) is 0 Å². The standard InChI is InChI=1S/C23H28N6O2/c1-18-16-21(26-12-14-31-15-13-26)25-23(24-18)28-10-8-27(9-11-28)22(30)17-29-7-6-19-4-2-3-5-20(19)29/h2-7,16H,8-15,17H2,1H3. The van der Waals surface area contributed by atoms with Crippen LogP contribution in [0, 0.1) is 6.92 Å². The van der Waals surface area contributed by atoms with Crippen molar-refractivity contribution in [2.75, 3.05) is 62.3 Å². The van der Waals surface area contributed by atoms with E-state index in [9.17, 15) is 4.79 Å². The van der Waals surface area contributed by atoms with Crippen LogP contribution >= 0.6 is 0 Å². The number of aryl methyl sites for hydroxylation is 1. The van der Waals surface area contributed by atoms with Crippen molar-refractivity contribution in [1.82, 2.24) is 19.4 Å². The summed E-state index contributed by atoms with van der Waals surface area (Å²) >= 11 is 0. The normalized spacial score (nSPS) is 17.4. The summed E-state index contributed by atoms with van der Waals surface area (Å²) in [5.41, 5.74) is 2.06. The topological polar surface area (TPSA) is 66.7 Å². The second-order valence-corrected chi connectivity index (χ2v) is 8.14. The first-order chi connectivity index (χ1) is 15.2. The molecule has 0 atom stereocenters. The van der Waals surface area contributed by atoms with Crippen LogP contribution in [0.3, 0.4) is 0 Å². The van der Waals surface area contributed by atoms with Crippen LogP contribution < -0.4 is 9.80 Å². The molecule has 1 amide bonds. The first-order valence-electron chi connectivity index (χ1n) is 10.9. The lowest BCUT2D eigenvalue weighted by Crippen LogP contribution is -2.50. The summed E-state index contributed by atoms with van der Waals surface area (Å²) in [5.74, 6) is 1.87. The van der Waals surface area contributed by atoms with Crippen molar-refractivity contribution in [2.24, 2.45) is 0 Å². The van der Waals surface area contributed by atoms with Crippen molar-refractivity contribution in [3.63, 3.8) is 0 Å². The maximum Gasteiger partial charge on any atom is 0.242 e. The number of amides is 1. The largest absolute Gasteiger partial charge is 0.378 e. The Balaban J connectivity index is 1.23. The Morgan fingerprint density at radius 3 is 2.55 bits per heavy atom. The minimum absolute atomic E-state index is 0.153. The molecule has 2 aromatic heterocycles. The molecule has 4 heterocycles. The molecule has 31 heavy (non-hydrogen) atoms. The molecule has 2 fully saturated rings. The van der Waals surface area contributed by atoms with E-state index in [0.717, 1.165) is 67.8 Å². The van der Waals surface area contributed by atoms with Gasteiger partial charge in [0.1, 0.15) is 12.4 Å². The highest BCUT2D eigenvalue weighted by molar-refractivity contribution is 5.83. The number of carbonyl (C=O) groups is 1. The number of nitrogens with zero attached hydrogens (tertiary/aromatic N) is 6. The second kappa shape index (κ2) is 8.55. The molecule has 3 aromatic rings. The molecular formula is C23H28N6O2. The predicted molar refractivity (Wildman–Crippen MR) is 121 cm³/mol. The van der Waals surface area contributed by atoms with Gasteiger partial charge in [-0.1, -0.05) is 18.2 Å². The monoisotopic (exact) mass is 420 g/mol. The third-order valence-electron chi connectivity index (χ3n) is 6.07. The molecule has 2 saturated heterocycles. The maximum absolute atomic E-state index is 12.9. The first-order valence-corrected chi connectivity index (χ1v) is 10.9. The van der Waals surface area contributed by atoms with Gasteiger partial charge in [-0.2, -0.15) is 4.98 Å². The highest BCUT2D eigenvalue weighted by Crippen LogP contribution is 2.20. The predicted octanol–water partition coefficient (Wildman–Crippen LogP) is 1.93. The van der Waals surface area contributed by atoms with E-state index in [0.29, 0.717) is 19.6 Å². The number of ether oxygens (including phenoxy) is 1. The summed E-state index contributed by atoms with van der Waals surface area (Å²) in [6, 6.07) is 12.3.